The normalized spacial score (nSPS) is 29.9. The Hall–Kier alpha value is -1.30. The summed E-state index contributed by atoms with van der Waals surface area (Å²) in [5.74, 6) is 1.14. The standard InChI is InChI=1S/C23H39N3O2/c1-15-16(2)23(28-14-26(4)5)24-17(3)20(15)13-19-11-12-21(27)22(25-19)18-9-7-6-8-10-18/h12,18-19,22-25,27H,6-11,13-14H2,1-5H3. The quantitative estimate of drug-likeness (QED) is 0.594. The van der Waals surface area contributed by atoms with Crippen LogP contribution >= 0.6 is 0 Å². The molecule has 2 aliphatic heterocycles. The first kappa shape index (κ1) is 21.4. The highest BCUT2D eigenvalue weighted by Gasteiger charge is 2.32. The average molecular weight is 390 g/mol. The molecule has 0 aromatic rings. The molecule has 3 rings (SSSR count). The van der Waals surface area contributed by atoms with Crippen molar-refractivity contribution < 1.29 is 9.84 Å². The molecule has 0 saturated heterocycles. The van der Waals surface area contributed by atoms with Gasteiger partial charge < -0.3 is 20.5 Å². The zero-order valence-corrected chi connectivity index (χ0v) is 18.3. The Bertz CT molecular complexity index is 644. The van der Waals surface area contributed by atoms with Crippen LogP contribution in [0.1, 0.15) is 65.7 Å². The summed E-state index contributed by atoms with van der Waals surface area (Å²) in [7, 11) is 4.03. The molecular formula is C23H39N3O2. The minimum atomic E-state index is -0.0515. The summed E-state index contributed by atoms with van der Waals surface area (Å²) in [5.41, 5.74) is 5.20. The second-order valence-corrected chi connectivity index (χ2v) is 9.12. The molecule has 158 valence electrons. The Morgan fingerprint density at radius 2 is 1.86 bits per heavy atom. The van der Waals surface area contributed by atoms with Gasteiger partial charge in [-0.05, 0) is 89.3 Å². The van der Waals surface area contributed by atoms with Gasteiger partial charge in [0.15, 0.2) is 6.23 Å². The molecule has 3 N–H and O–H groups in total. The van der Waals surface area contributed by atoms with Gasteiger partial charge in [0.25, 0.3) is 0 Å². The van der Waals surface area contributed by atoms with Gasteiger partial charge in [-0.25, -0.2) is 0 Å². The molecule has 0 bridgehead atoms. The van der Waals surface area contributed by atoms with Crippen molar-refractivity contribution in [1.29, 1.82) is 0 Å². The first-order chi connectivity index (χ1) is 13.4. The van der Waals surface area contributed by atoms with Crippen LogP contribution in [0.2, 0.25) is 0 Å². The largest absolute Gasteiger partial charge is 0.511 e. The zero-order chi connectivity index (χ0) is 20.3. The number of hydrogen-bond donors (Lipinski definition) is 3. The van der Waals surface area contributed by atoms with E-state index >= 15 is 0 Å². The molecule has 1 fully saturated rings. The molecule has 28 heavy (non-hydrogen) atoms. The maximum absolute atomic E-state index is 10.5. The van der Waals surface area contributed by atoms with Gasteiger partial charge in [-0.2, -0.15) is 0 Å². The highest BCUT2D eigenvalue weighted by Crippen LogP contribution is 2.34. The van der Waals surface area contributed by atoms with Crippen LogP contribution in [0.15, 0.2) is 34.3 Å². The summed E-state index contributed by atoms with van der Waals surface area (Å²) in [6.07, 6.45) is 10.3. The highest BCUT2D eigenvalue weighted by molar-refractivity contribution is 5.41. The molecular weight excluding hydrogens is 350 g/mol. The lowest BCUT2D eigenvalue weighted by Gasteiger charge is -2.38. The van der Waals surface area contributed by atoms with E-state index in [0.717, 1.165) is 12.8 Å². The minimum Gasteiger partial charge on any atom is -0.511 e. The third-order valence-electron chi connectivity index (χ3n) is 6.65. The van der Waals surface area contributed by atoms with Crippen LogP contribution in [0.5, 0.6) is 0 Å². The number of ether oxygens (including phenoxy) is 1. The Kier molecular flexibility index (Phi) is 7.24. The molecule has 0 aromatic heterocycles. The third-order valence-corrected chi connectivity index (χ3v) is 6.65. The number of aliphatic hydroxyl groups is 1. The molecule has 1 saturated carbocycles. The van der Waals surface area contributed by atoms with Gasteiger partial charge in [-0.3, -0.25) is 4.90 Å². The van der Waals surface area contributed by atoms with E-state index in [0.29, 0.717) is 24.4 Å². The summed E-state index contributed by atoms with van der Waals surface area (Å²) in [5, 5.41) is 17.8. The predicted octanol–water partition coefficient (Wildman–Crippen LogP) is 4.20. The van der Waals surface area contributed by atoms with E-state index in [1.54, 1.807) is 0 Å². The Morgan fingerprint density at radius 1 is 1.14 bits per heavy atom. The molecule has 0 aromatic carbocycles. The monoisotopic (exact) mass is 389 g/mol. The van der Waals surface area contributed by atoms with Gasteiger partial charge in [0.05, 0.1) is 6.04 Å². The second kappa shape index (κ2) is 9.47. The van der Waals surface area contributed by atoms with Gasteiger partial charge in [-0.1, -0.05) is 19.3 Å². The number of hydrogen-bond acceptors (Lipinski definition) is 5. The maximum atomic E-state index is 10.5. The van der Waals surface area contributed by atoms with Crippen molar-refractivity contribution in [1.82, 2.24) is 15.5 Å². The molecule has 5 nitrogen and oxygen atoms in total. The predicted molar refractivity (Wildman–Crippen MR) is 115 cm³/mol. The van der Waals surface area contributed by atoms with Crippen LogP contribution in [0.25, 0.3) is 0 Å². The molecule has 2 heterocycles. The summed E-state index contributed by atoms with van der Waals surface area (Å²) in [4.78, 5) is 2.04. The van der Waals surface area contributed by atoms with Crippen molar-refractivity contribution in [3.63, 3.8) is 0 Å². The molecule has 3 atom stereocenters. The van der Waals surface area contributed by atoms with E-state index in [2.05, 4.69) is 37.5 Å². The lowest BCUT2D eigenvalue weighted by molar-refractivity contribution is 0.00140. The fraction of sp³-hybridized carbons (Fsp3) is 0.739. The van der Waals surface area contributed by atoms with Gasteiger partial charge >= 0.3 is 0 Å². The summed E-state index contributed by atoms with van der Waals surface area (Å²) < 4.78 is 6.01. The molecule has 0 radical (unpaired) electrons. The van der Waals surface area contributed by atoms with E-state index in [1.165, 1.54) is 54.5 Å². The molecule has 3 unspecified atom stereocenters. The van der Waals surface area contributed by atoms with Gasteiger partial charge in [0.1, 0.15) is 12.5 Å². The Balaban J connectivity index is 1.66. The third kappa shape index (κ3) is 5.00. The SMILES string of the molecule is CC1=C(CC2CC=C(O)C(C3CCCCC3)N2)C(C)=C(C)C(OCN(C)C)N1. The lowest BCUT2D eigenvalue weighted by Crippen LogP contribution is -2.47. The number of dihydropyridines is 1. The highest BCUT2D eigenvalue weighted by atomic mass is 16.5. The molecule has 5 heteroatoms. The molecule has 3 aliphatic rings. The topological polar surface area (TPSA) is 56.8 Å². The number of nitrogens with zero attached hydrogens (tertiary/aromatic N) is 1. The minimum absolute atomic E-state index is 0.0515. The van der Waals surface area contributed by atoms with Crippen molar-refractivity contribution in [2.75, 3.05) is 20.8 Å². The smallest absolute Gasteiger partial charge is 0.151 e. The summed E-state index contributed by atoms with van der Waals surface area (Å²) >= 11 is 0. The van der Waals surface area contributed by atoms with E-state index < -0.39 is 0 Å². The first-order valence-corrected chi connectivity index (χ1v) is 10.9. The second-order valence-electron chi connectivity index (χ2n) is 9.12. The molecule has 1 aliphatic carbocycles. The van der Waals surface area contributed by atoms with E-state index in [-0.39, 0.29) is 12.3 Å². The molecule has 0 spiro atoms. The van der Waals surface area contributed by atoms with Gasteiger partial charge in [0, 0.05) is 11.7 Å². The van der Waals surface area contributed by atoms with Crippen molar-refractivity contribution >= 4 is 0 Å². The number of aliphatic hydroxyl groups excluding tert-OH is 1. The van der Waals surface area contributed by atoms with Crippen LogP contribution in [0.3, 0.4) is 0 Å². The van der Waals surface area contributed by atoms with Gasteiger partial charge in [-0.15, -0.1) is 0 Å². The Labute approximate surface area is 170 Å². The van der Waals surface area contributed by atoms with Gasteiger partial charge in [0.2, 0.25) is 0 Å². The van der Waals surface area contributed by atoms with Crippen LogP contribution in [0.4, 0.5) is 0 Å². The van der Waals surface area contributed by atoms with Crippen LogP contribution in [0, 0.1) is 5.92 Å². The number of allylic oxidation sites excluding steroid dienone is 2. The maximum Gasteiger partial charge on any atom is 0.151 e. The summed E-state index contributed by atoms with van der Waals surface area (Å²) in [6.45, 7) is 7.14. The van der Waals surface area contributed by atoms with Crippen molar-refractivity contribution in [3.05, 3.63) is 34.3 Å². The van der Waals surface area contributed by atoms with E-state index in [9.17, 15) is 5.11 Å². The van der Waals surface area contributed by atoms with Crippen molar-refractivity contribution in [2.24, 2.45) is 5.92 Å². The Morgan fingerprint density at radius 3 is 2.54 bits per heavy atom. The summed E-state index contributed by atoms with van der Waals surface area (Å²) in [6, 6.07) is 0.509. The fourth-order valence-corrected chi connectivity index (χ4v) is 4.84. The molecule has 0 amide bonds. The van der Waals surface area contributed by atoms with Crippen LogP contribution in [-0.4, -0.2) is 49.1 Å². The number of rotatable bonds is 6. The van der Waals surface area contributed by atoms with E-state index in [1.807, 2.05) is 19.0 Å². The van der Waals surface area contributed by atoms with Crippen molar-refractivity contribution in [2.45, 2.75) is 84.0 Å². The van der Waals surface area contributed by atoms with E-state index in [4.69, 9.17) is 4.74 Å². The first-order valence-electron chi connectivity index (χ1n) is 10.9. The number of nitrogens with one attached hydrogen (secondary N) is 2. The fourth-order valence-electron chi connectivity index (χ4n) is 4.84. The van der Waals surface area contributed by atoms with Crippen molar-refractivity contribution in [3.8, 4) is 0 Å². The van der Waals surface area contributed by atoms with Crippen LogP contribution in [-0.2, 0) is 4.74 Å². The zero-order valence-electron chi connectivity index (χ0n) is 18.3. The lowest BCUT2D eigenvalue weighted by atomic mass is 9.80. The average Bonchev–Trinajstić information content (AvgIpc) is 2.68. The van der Waals surface area contributed by atoms with Crippen LogP contribution < -0.4 is 10.6 Å².